The van der Waals surface area contributed by atoms with Gasteiger partial charge in [-0.25, -0.2) is 4.68 Å². The maximum atomic E-state index is 4.68. The van der Waals surface area contributed by atoms with Gasteiger partial charge in [0.15, 0.2) is 0 Å². The van der Waals surface area contributed by atoms with Crippen molar-refractivity contribution in [3.63, 3.8) is 0 Å². The first-order chi connectivity index (χ1) is 10.6. The van der Waals surface area contributed by atoms with Crippen LogP contribution in [-0.4, -0.2) is 16.9 Å². The number of nitrogens with zero attached hydrogens (tertiary/aromatic N) is 3. The fourth-order valence-electron chi connectivity index (χ4n) is 1.95. The zero-order valence-corrected chi connectivity index (χ0v) is 15.1. The third kappa shape index (κ3) is 3.45. The molecule has 22 heavy (non-hydrogen) atoms. The average Bonchev–Trinajstić information content (AvgIpc) is 3.17. The van der Waals surface area contributed by atoms with E-state index >= 15 is 0 Å². The summed E-state index contributed by atoms with van der Waals surface area (Å²) in [5, 5.41) is 8.90. The van der Waals surface area contributed by atoms with Gasteiger partial charge in [-0.15, -0.1) is 34.0 Å². The van der Waals surface area contributed by atoms with Gasteiger partial charge in [0.05, 0.1) is 16.8 Å². The molecule has 3 aromatic heterocycles. The highest BCUT2D eigenvalue weighted by molar-refractivity contribution is 7.14. The molecule has 0 atom stereocenters. The Morgan fingerprint density at radius 3 is 2.68 bits per heavy atom. The van der Waals surface area contributed by atoms with Crippen LogP contribution < -0.4 is 4.80 Å². The van der Waals surface area contributed by atoms with Gasteiger partial charge < -0.3 is 0 Å². The lowest BCUT2D eigenvalue weighted by Crippen LogP contribution is -2.14. The predicted octanol–water partition coefficient (Wildman–Crippen LogP) is 4.84. The molecule has 3 rings (SSSR count). The molecule has 0 aromatic carbocycles. The van der Waals surface area contributed by atoms with Crippen LogP contribution >= 0.6 is 34.0 Å². The summed E-state index contributed by atoms with van der Waals surface area (Å²) in [5.74, 6) is 0. The van der Waals surface area contributed by atoms with Crippen LogP contribution in [-0.2, 0) is 0 Å². The molecule has 0 bridgehead atoms. The van der Waals surface area contributed by atoms with E-state index < -0.39 is 0 Å². The number of hydrogen-bond acceptors (Lipinski definition) is 5. The van der Waals surface area contributed by atoms with E-state index in [1.54, 1.807) is 34.0 Å². The van der Waals surface area contributed by atoms with Gasteiger partial charge in [-0.05, 0) is 44.4 Å². The van der Waals surface area contributed by atoms with Gasteiger partial charge in [-0.1, -0.05) is 6.07 Å². The molecule has 0 spiro atoms. The number of thiophene rings is 2. The first-order valence-electron chi connectivity index (χ1n) is 7.02. The monoisotopic (exact) mass is 347 g/mol. The molecule has 6 heteroatoms. The lowest BCUT2D eigenvalue weighted by molar-refractivity contribution is 0.755. The molecule has 0 N–H and O–H groups in total. The number of aromatic nitrogens is 1. The molecule has 0 amide bonds. The minimum absolute atomic E-state index is 0.250. The Morgan fingerprint density at radius 2 is 2.05 bits per heavy atom. The molecule has 0 saturated heterocycles. The number of rotatable bonds is 4. The van der Waals surface area contributed by atoms with E-state index in [1.165, 1.54) is 9.75 Å². The molecule has 3 heterocycles. The molecule has 0 radical (unpaired) electrons. The fourth-order valence-corrected chi connectivity index (χ4v) is 4.46. The molecule has 114 valence electrons. The van der Waals surface area contributed by atoms with Crippen molar-refractivity contribution in [2.24, 2.45) is 10.1 Å². The Kier molecular flexibility index (Phi) is 4.71. The Labute approximate surface area is 141 Å². The van der Waals surface area contributed by atoms with E-state index in [0.29, 0.717) is 0 Å². The van der Waals surface area contributed by atoms with Crippen molar-refractivity contribution in [3.05, 3.63) is 49.6 Å². The van der Waals surface area contributed by atoms with Gasteiger partial charge in [0.2, 0.25) is 4.80 Å². The molecule has 0 unspecified atom stereocenters. The minimum Gasteiger partial charge on any atom is -0.255 e. The van der Waals surface area contributed by atoms with Gasteiger partial charge >= 0.3 is 0 Å². The molecular formula is C16H17N3S3. The Balaban J connectivity index is 2.07. The molecular weight excluding hydrogens is 330 g/mol. The average molecular weight is 348 g/mol. The van der Waals surface area contributed by atoms with Gasteiger partial charge in [0.25, 0.3) is 0 Å². The van der Waals surface area contributed by atoms with Crippen LogP contribution in [0.25, 0.3) is 10.6 Å². The standard InChI is InChI=1S/C16H17N3S3/c1-11(2)18-16-19(17-9-13-7-6-12(3)22-13)14(10-21-16)15-5-4-8-20-15/h4-11H,1-3H3. The zero-order chi connectivity index (χ0) is 15.5. The Morgan fingerprint density at radius 1 is 1.18 bits per heavy atom. The van der Waals surface area contributed by atoms with Crippen molar-refractivity contribution in [2.75, 3.05) is 0 Å². The first kappa shape index (κ1) is 15.4. The van der Waals surface area contributed by atoms with Crippen LogP contribution in [0.5, 0.6) is 0 Å². The van der Waals surface area contributed by atoms with Crippen molar-refractivity contribution in [2.45, 2.75) is 26.8 Å². The van der Waals surface area contributed by atoms with E-state index in [0.717, 1.165) is 15.4 Å². The maximum Gasteiger partial charge on any atom is 0.206 e. The van der Waals surface area contributed by atoms with Crippen LogP contribution in [0.4, 0.5) is 0 Å². The van der Waals surface area contributed by atoms with Crippen LogP contribution in [0, 0.1) is 6.92 Å². The summed E-state index contributed by atoms with van der Waals surface area (Å²) < 4.78 is 1.95. The van der Waals surface area contributed by atoms with Crippen molar-refractivity contribution >= 4 is 40.2 Å². The van der Waals surface area contributed by atoms with Crippen molar-refractivity contribution in [1.29, 1.82) is 0 Å². The van der Waals surface area contributed by atoms with Gasteiger partial charge in [0, 0.05) is 21.2 Å². The van der Waals surface area contributed by atoms with E-state index in [9.17, 15) is 0 Å². The molecule has 0 aliphatic carbocycles. The highest BCUT2D eigenvalue weighted by atomic mass is 32.1. The Hall–Kier alpha value is -1.50. The number of aryl methyl sites for hydroxylation is 1. The zero-order valence-electron chi connectivity index (χ0n) is 12.7. The third-order valence-electron chi connectivity index (χ3n) is 2.89. The van der Waals surface area contributed by atoms with Crippen molar-refractivity contribution < 1.29 is 0 Å². The second kappa shape index (κ2) is 6.73. The third-order valence-corrected chi connectivity index (χ3v) is 5.55. The molecule has 0 fully saturated rings. The summed E-state index contributed by atoms with van der Waals surface area (Å²) in [7, 11) is 0. The van der Waals surface area contributed by atoms with Crippen LogP contribution in [0.1, 0.15) is 23.6 Å². The normalized spacial score (nSPS) is 12.8. The fraction of sp³-hybridized carbons (Fsp3) is 0.250. The molecule has 0 saturated carbocycles. The molecule has 0 aliphatic rings. The second-order valence-electron chi connectivity index (χ2n) is 5.11. The lowest BCUT2D eigenvalue weighted by Gasteiger charge is -2.01. The summed E-state index contributed by atoms with van der Waals surface area (Å²) in [6.07, 6.45) is 1.92. The Bertz CT molecular complexity index is 832. The highest BCUT2D eigenvalue weighted by Gasteiger charge is 2.08. The summed E-state index contributed by atoms with van der Waals surface area (Å²) in [5.41, 5.74) is 1.10. The first-order valence-corrected chi connectivity index (χ1v) is 9.60. The number of thiazole rings is 1. The molecule has 3 aromatic rings. The van der Waals surface area contributed by atoms with Gasteiger partial charge in [-0.2, -0.15) is 5.10 Å². The maximum absolute atomic E-state index is 4.68. The summed E-state index contributed by atoms with van der Waals surface area (Å²) >= 11 is 5.10. The highest BCUT2D eigenvalue weighted by Crippen LogP contribution is 2.25. The summed E-state index contributed by atoms with van der Waals surface area (Å²) in [6, 6.07) is 8.64. The van der Waals surface area contributed by atoms with Crippen LogP contribution in [0.3, 0.4) is 0 Å². The number of hydrogen-bond donors (Lipinski definition) is 0. The minimum atomic E-state index is 0.250. The van der Waals surface area contributed by atoms with Gasteiger partial charge in [-0.3, -0.25) is 4.99 Å². The summed E-state index contributed by atoms with van der Waals surface area (Å²) in [4.78, 5) is 9.28. The van der Waals surface area contributed by atoms with Crippen molar-refractivity contribution in [1.82, 2.24) is 4.68 Å². The smallest absolute Gasteiger partial charge is 0.206 e. The lowest BCUT2D eigenvalue weighted by atomic mass is 10.4. The van der Waals surface area contributed by atoms with E-state index in [2.05, 4.69) is 65.9 Å². The second-order valence-corrected chi connectivity index (χ2v) is 8.21. The topological polar surface area (TPSA) is 29.6 Å². The molecule has 3 nitrogen and oxygen atoms in total. The van der Waals surface area contributed by atoms with E-state index in [-0.39, 0.29) is 6.04 Å². The summed E-state index contributed by atoms with van der Waals surface area (Å²) in [6.45, 7) is 6.28. The predicted molar refractivity (Wildman–Crippen MR) is 98.4 cm³/mol. The SMILES string of the molecule is Cc1ccc(C=Nn2c(-c3cccs3)csc2=NC(C)C)s1. The van der Waals surface area contributed by atoms with E-state index in [1.807, 2.05) is 10.9 Å². The molecule has 0 aliphatic heterocycles. The van der Waals surface area contributed by atoms with E-state index in [4.69, 9.17) is 0 Å². The van der Waals surface area contributed by atoms with Crippen LogP contribution in [0.2, 0.25) is 0 Å². The van der Waals surface area contributed by atoms with Crippen LogP contribution in [0.15, 0.2) is 45.1 Å². The quantitative estimate of drug-likeness (QED) is 0.605. The largest absolute Gasteiger partial charge is 0.255 e. The van der Waals surface area contributed by atoms with Gasteiger partial charge in [0.1, 0.15) is 0 Å². The van der Waals surface area contributed by atoms with Crippen molar-refractivity contribution in [3.8, 4) is 10.6 Å².